The van der Waals surface area contributed by atoms with E-state index in [9.17, 15) is 19.7 Å². The smallest absolute Gasteiger partial charge is 0.415 e. The third kappa shape index (κ3) is 3.01. The largest absolute Gasteiger partial charge is 0.438 e. The fourth-order valence-corrected chi connectivity index (χ4v) is 3.48. The Morgan fingerprint density at radius 2 is 2.15 bits per heavy atom. The number of carbonyl (C=O) groups excluding carboxylic acids is 2. The zero-order valence-electron chi connectivity index (χ0n) is 14.4. The number of rotatable bonds is 4. The van der Waals surface area contributed by atoms with Crippen LogP contribution in [0.4, 0.5) is 21.9 Å². The summed E-state index contributed by atoms with van der Waals surface area (Å²) in [5.74, 6) is -0.438. The summed E-state index contributed by atoms with van der Waals surface area (Å²) in [4.78, 5) is 36.8. The number of nitro benzene ring substituents is 1. The van der Waals surface area contributed by atoms with Gasteiger partial charge in [0.1, 0.15) is 11.3 Å². The molecule has 0 radical (unpaired) electrons. The Kier molecular flexibility index (Phi) is 4.41. The summed E-state index contributed by atoms with van der Waals surface area (Å²) in [6.45, 7) is 5.46. The number of carbonyl (C=O) groups is 2. The summed E-state index contributed by atoms with van der Waals surface area (Å²) in [5, 5.41) is 17.5. The first-order chi connectivity index (χ1) is 12.2. The average Bonchev–Trinajstić information content (AvgIpc) is 3.09. The molecule has 8 nitrogen and oxygen atoms in total. The Morgan fingerprint density at radius 3 is 2.73 bits per heavy atom. The fraction of sp³-hybridized carbons (Fsp3) is 0.294. The van der Waals surface area contributed by atoms with Crippen LogP contribution in [0.3, 0.4) is 0 Å². The van der Waals surface area contributed by atoms with Gasteiger partial charge in [-0.15, -0.1) is 0 Å². The van der Waals surface area contributed by atoms with E-state index in [0.717, 1.165) is 0 Å². The second-order valence-corrected chi connectivity index (χ2v) is 7.01. The number of nitro groups is 1. The number of hydrogen-bond acceptors (Lipinski definition) is 6. The summed E-state index contributed by atoms with van der Waals surface area (Å²) in [5.41, 5.74) is 0.222. The van der Waals surface area contributed by atoms with E-state index in [4.69, 9.17) is 4.74 Å². The Bertz CT molecular complexity index is 892. The van der Waals surface area contributed by atoms with E-state index in [-0.39, 0.29) is 11.4 Å². The molecule has 0 bridgehead atoms. The van der Waals surface area contributed by atoms with Gasteiger partial charge < -0.3 is 10.1 Å². The van der Waals surface area contributed by atoms with Crippen LogP contribution < -0.4 is 10.2 Å². The van der Waals surface area contributed by atoms with Gasteiger partial charge in [0.15, 0.2) is 0 Å². The molecule has 9 heteroatoms. The van der Waals surface area contributed by atoms with Gasteiger partial charge in [0, 0.05) is 23.6 Å². The molecule has 26 heavy (non-hydrogen) atoms. The van der Waals surface area contributed by atoms with E-state index in [1.54, 1.807) is 37.6 Å². The lowest BCUT2D eigenvalue weighted by molar-refractivity contribution is -0.383. The molecule has 2 amide bonds. The number of thiophene rings is 1. The van der Waals surface area contributed by atoms with Crippen molar-refractivity contribution >= 4 is 40.4 Å². The normalized spacial score (nSPS) is 15.2. The molecule has 2 heterocycles. The Morgan fingerprint density at radius 1 is 1.42 bits per heavy atom. The molecule has 0 saturated heterocycles. The molecule has 1 aromatic carbocycles. The van der Waals surface area contributed by atoms with Crippen molar-refractivity contribution in [3.63, 3.8) is 0 Å². The first kappa shape index (κ1) is 17.9. The molecule has 1 aliphatic rings. The average molecular weight is 375 g/mol. The zero-order valence-corrected chi connectivity index (χ0v) is 15.3. The number of nitrogens with one attached hydrogen (secondary N) is 1. The summed E-state index contributed by atoms with van der Waals surface area (Å²) in [6, 6.07) is 4.45. The lowest BCUT2D eigenvalue weighted by Crippen LogP contribution is -2.43. The van der Waals surface area contributed by atoms with Gasteiger partial charge in [-0.25, -0.2) is 4.79 Å². The molecule has 1 N–H and O–H groups in total. The van der Waals surface area contributed by atoms with Gasteiger partial charge in [-0.2, -0.15) is 11.3 Å². The highest BCUT2D eigenvalue weighted by atomic mass is 32.1. The van der Waals surface area contributed by atoms with Crippen molar-refractivity contribution in [1.29, 1.82) is 0 Å². The molecule has 0 atom stereocenters. The summed E-state index contributed by atoms with van der Waals surface area (Å²) in [7, 11) is 0. The maximum absolute atomic E-state index is 12.3. The Labute approximate surface area is 153 Å². The molecule has 1 aromatic heterocycles. The van der Waals surface area contributed by atoms with Gasteiger partial charge in [0.05, 0.1) is 16.2 Å². The van der Waals surface area contributed by atoms with Crippen LogP contribution in [0, 0.1) is 10.1 Å². The molecule has 0 saturated carbocycles. The minimum atomic E-state index is -0.977. The van der Waals surface area contributed by atoms with Crippen LogP contribution in [-0.4, -0.2) is 23.5 Å². The van der Waals surface area contributed by atoms with Crippen molar-refractivity contribution in [2.45, 2.75) is 26.4 Å². The van der Waals surface area contributed by atoms with Crippen molar-refractivity contribution < 1.29 is 19.2 Å². The van der Waals surface area contributed by atoms with Gasteiger partial charge in [-0.1, -0.05) is 0 Å². The summed E-state index contributed by atoms with van der Waals surface area (Å²) < 4.78 is 5.44. The van der Waals surface area contributed by atoms with Crippen molar-refractivity contribution in [2.24, 2.45) is 0 Å². The highest BCUT2D eigenvalue weighted by molar-refractivity contribution is 7.08. The number of fused-ring (bicyclic) bond motifs is 1. The van der Waals surface area contributed by atoms with Crippen LogP contribution in [0.15, 0.2) is 29.0 Å². The van der Waals surface area contributed by atoms with Crippen molar-refractivity contribution in [1.82, 2.24) is 0 Å². The number of hydrogen-bond donors (Lipinski definition) is 1. The summed E-state index contributed by atoms with van der Waals surface area (Å²) >= 11 is 1.36. The predicted octanol–water partition coefficient (Wildman–Crippen LogP) is 4.12. The van der Waals surface area contributed by atoms with Crippen LogP contribution in [0.25, 0.3) is 0 Å². The number of cyclic esters (lactones) is 1. The van der Waals surface area contributed by atoms with E-state index in [1.807, 2.05) is 0 Å². The number of ether oxygens (including phenoxy) is 1. The molecule has 3 rings (SSSR count). The molecular formula is C17H17N3O5S. The van der Waals surface area contributed by atoms with Crippen molar-refractivity contribution in [3.05, 3.63) is 50.2 Å². The van der Waals surface area contributed by atoms with Gasteiger partial charge >= 0.3 is 6.09 Å². The highest BCUT2D eigenvalue weighted by Gasteiger charge is 2.40. The fourth-order valence-electron chi connectivity index (χ4n) is 2.85. The Hall–Kier alpha value is -2.94. The lowest BCUT2D eigenvalue weighted by Gasteiger charge is -2.38. The van der Waals surface area contributed by atoms with Crippen LogP contribution in [0.1, 0.15) is 36.7 Å². The van der Waals surface area contributed by atoms with Crippen molar-refractivity contribution in [2.75, 3.05) is 16.8 Å². The second kappa shape index (κ2) is 6.41. The molecular weight excluding hydrogens is 358 g/mol. The maximum Gasteiger partial charge on any atom is 0.415 e. The third-order valence-electron chi connectivity index (χ3n) is 4.16. The van der Waals surface area contributed by atoms with E-state index >= 15 is 0 Å². The first-order valence-corrected chi connectivity index (χ1v) is 8.86. The van der Waals surface area contributed by atoms with Crippen LogP contribution in [0.5, 0.6) is 0 Å². The number of nitrogens with zero attached hydrogens (tertiary/aromatic N) is 2. The van der Waals surface area contributed by atoms with Crippen LogP contribution in [0.2, 0.25) is 0 Å². The van der Waals surface area contributed by atoms with Crippen LogP contribution >= 0.6 is 11.3 Å². The van der Waals surface area contributed by atoms with E-state index in [2.05, 4.69) is 5.32 Å². The van der Waals surface area contributed by atoms with Gasteiger partial charge in [-0.05, 0) is 38.3 Å². The minimum absolute atomic E-state index is 0.0621. The molecule has 2 aromatic rings. The molecule has 0 fully saturated rings. The van der Waals surface area contributed by atoms with E-state index < -0.39 is 22.5 Å². The van der Waals surface area contributed by atoms with Gasteiger partial charge in [-0.3, -0.25) is 19.8 Å². The lowest BCUT2D eigenvalue weighted by atomic mass is 9.92. The van der Waals surface area contributed by atoms with E-state index in [1.165, 1.54) is 28.4 Å². The first-order valence-electron chi connectivity index (χ1n) is 7.91. The maximum atomic E-state index is 12.3. The second-order valence-electron chi connectivity index (χ2n) is 6.23. The topological polar surface area (TPSA) is 102 Å². The third-order valence-corrected chi connectivity index (χ3v) is 4.84. The van der Waals surface area contributed by atoms with Crippen LogP contribution in [-0.2, 0) is 10.3 Å². The Balaban J connectivity index is 2.12. The SMILES string of the molecule is CCN1C(=O)OC(C)(C)c2cc(NC(=O)c3ccsc3)c([N+](=O)[O-])cc21. The number of anilines is 2. The molecule has 0 unspecified atom stereocenters. The number of benzene rings is 1. The quantitative estimate of drug-likeness (QED) is 0.640. The molecule has 136 valence electrons. The number of amides is 2. The monoisotopic (exact) mass is 375 g/mol. The molecule has 0 aliphatic carbocycles. The van der Waals surface area contributed by atoms with Gasteiger partial charge in [0.25, 0.3) is 11.6 Å². The minimum Gasteiger partial charge on any atom is -0.438 e. The predicted molar refractivity (Wildman–Crippen MR) is 97.9 cm³/mol. The van der Waals surface area contributed by atoms with E-state index in [0.29, 0.717) is 23.4 Å². The van der Waals surface area contributed by atoms with Gasteiger partial charge in [0.2, 0.25) is 0 Å². The summed E-state index contributed by atoms with van der Waals surface area (Å²) in [6.07, 6.45) is -0.561. The standard InChI is InChI=1S/C17H17N3O5S/c1-4-19-13-8-14(20(23)24)12(18-15(21)10-5-6-26-9-10)7-11(13)17(2,3)25-16(19)22/h5-9H,4H2,1-3H3,(H,18,21). The molecule has 0 spiro atoms. The van der Waals surface area contributed by atoms with Crippen molar-refractivity contribution in [3.8, 4) is 0 Å². The zero-order chi connectivity index (χ0) is 19.1. The molecule has 1 aliphatic heterocycles. The highest BCUT2D eigenvalue weighted by Crippen LogP contribution is 2.43.